The Morgan fingerprint density at radius 2 is 2.28 bits per heavy atom. The highest BCUT2D eigenvalue weighted by Gasteiger charge is 2.15. The predicted octanol–water partition coefficient (Wildman–Crippen LogP) is -0.0788. The van der Waals surface area contributed by atoms with Crippen LogP contribution < -0.4 is 9.44 Å². The fraction of sp³-hybridized carbons (Fsp3) is 0.556. The molecule has 1 aromatic heterocycles. The van der Waals surface area contributed by atoms with Crippen LogP contribution in [0.15, 0.2) is 12.5 Å². The number of H-pyrrole nitrogens is 1. The number of aromatic amines is 1. The maximum Gasteiger partial charge on any atom is 0.422 e. The topological polar surface area (TPSA) is 113 Å². The van der Waals surface area contributed by atoms with Gasteiger partial charge in [0.1, 0.15) is 0 Å². The minimum Gasteiger partial charge on any atom is -0.446 e. The number of carbonyl (C=O) groups is 1. The predicted molar refractivity (Wildman–Crippen MR) is 64.0 cm³/mol. The van der Waals surface area contributed by atoms with Crippen molar-refractivity contribution in [3.8, 4) is 0 Å². The molecule has 0 aliphatic carbocycles. The van der Waals surface area contributed by atoms with E-state index in [1.165, 1.54) is 6.33 Å². The van der Waals surface area contributed by atoms with Crippen molar-refractivity contribution in [3.05, 3.63) is 18.2 Å². The van der Waals surface area contributed by atoms with Crippen molar-refractivity contribution < 1.29 is 17.9 Å². The number of ether oxygens (including phenoxy) is 1. The smallest absolute Gasteiger partial charge is 0.422 e. The molecule has 0 aromatic carbocycles. The summed E-state index contributed by atoms with van der Waals surface area (Å²) in [5, 5.41) is 0. The number of nitrogens with zero attached hydrogens (tertiary/aromatic N) is 1. The van der Waals surface area contributed by atoms with Crippen LogP contribution in [0.2, 0.25) is 0 Å². The van der Waals surface area contributed by atoms with Crippen LogP contribution in [0.4, 0.5) is 4.79 Å². The molecular formula is C9H16N4O4S. The van der Waals surface area contributed by atoms with Crippen molar-refractivity contribution in [1.82, 2.24) is 19.4 Å². The van der Waals surface area contributed by atoms with Gasteiger partial charge in [-0.3, -0.25) is 0 Å². The number of carbonyl (C=O) groups excluding carboxylic acids is 1. The Morgan fingerprint density at radius 1 is 1.56 bits per heavy atom. The maximum atomic E-state index is 11.4. The van der Waals surface area contributed by atoms with Crippen molar-refractivity contribution >= 4 is 16.3 Å². The Labute approximate surface area is 105 Å². The van der Waals surface area contributed by atoms with E-state index in [0.29, 0.717) is 6.42 Å². The highest BCUT2D eigenvalue weighted by molar-refractivity contribution is 7.88. The van der Waals surface area contributed by atoms with E-state index in [1.807, 2.05) is 0 Å². The molecule has 9 heteroatoms. The van der Waals surface area contributed by atoms with Crippen LogP contribution in [-0.4, -0.2) is 37.1 Å². The van der Waals surface area contributed by atoms with Crippen LogP contribution in [0.1, 0.15) is 19.5 Å². The van der Waals surface area contributed by atoms with Crippen molar-refractivity contribution in [2.45, 2.75) is 26.4 Å². The molecule has 0 aliphatic heterocycles. The summed E-state index contributed by atoms with van der Waals surface area (Å²) in [5.74, 6) is 0. The van der Waals surface area contributed by atoms with E-state index in [2.05, 4.69) is 19.4 Å². The third-order valence-electron chi connectivity index (χ3n) is 1.80. The molecule has 3 N–H and O–H groups in total. The lowest BCUT2D eigenvalue weighted by Gasteiger charge is -2.10. The van der Waals surface area contributed by atoms with Gasteiger partial charge in [0.05, 0.1) is 12.4 Å². The van der Waals surface area contributed by atoms with E-state index >= 15 is 0 Å². The lowest BCUT2D eigenvalue weighted by Crippen LogP contribution is -2.41. The second kappa shape index (κ2) is 6.36. The molecule has 0 spiro atoms. The molecule has 0 aliphatic rings. The molecule has 0 atom stereocenters. The van der Waals surface area contributed by atoms with Crippen LogP contribution >= 0.6 is 0 Å². The van der Waals surface area contributed by atoms with Crippen molar-refractivity contribution in [2.75, 3.05) is 6.54 Å². The third-order valence-corrected chi connectivity index (χ3v) is 2.82. The van der Waals surface area contributed by atoms with Gasteiger partial charge in [0.25, 0.3) is 0 Å². The van der Waals surface area contributed by atoms with Crippen molar-refractivity contribution in [2.24, 2.45) is 0 Å². The summed E-state index contributed by atoms with van der Waals surface area (Å²) in [5.41, 5.74) is 0.794. The molecule has 102 valence electrons. The molecule has 0 unspecified atom stereocenters. The number of amides is 1. The fourth-order valence-electron chi connectivity index (χ4n) is 1.13. The summed E-state index contributed by atoms with van der Waals surface area (Å²) >= 11 is 0. The SMILES string of the molecule is CC(C)OC(=O)NS(=O)(=O)NCCc1cnc[nH]1. The second-order valence-corrected chi connectivity index (χ2v) is 5.28. The van der Waals surface area contributed by atoms with E-state index in [1.54, 1.807) is 24.8 Å². The number of imidazole rings is 1. The van der Waals surface area contributed by atoms with Gasteiger partial charge in [0.2, 0.25) is 0 Å². The molecule has 1 rings (SSSR count). The normalized spacial score (nSPS) is 11.5. The quantitative estimate of drug-likeness (QED) is 0.672. The number of rotatable bonds is 6. The van der Waals surface area contributed by atoms with Gasteiger partial charge in [0, 0.05) is 24.9 Å². The van der Waals surface area contributed by atoms with Crippen molar-refractivity contribution in [1.29, 1.82) is 0 Å². The first-order valence-electron chi connectivity index (χ1n) is 5.34. The fourth-order valence-corrected chi connectivity index (χ4v) is 1.84. The summed E-state index contributed by atoms with van der Waals surface area (Å²) in [6.45, 7) is 3.39. The summed E-state index contributed by atoms with van der Waals surface area (Å²) in [7, 11) is -3.89. The lowest BCUT2D eigenvalue weighted by atomic mass is 10.3. The Kier molecular flexibility index (Phi) is 5.10. The number of aromatic nitrogens is 2. The van der Waals surface area contributed by atoms with Gasteiger partial charge in [-0.2, -0.15) is 13.1 Å². The molecule has 0 radical (unpaired) electrons. The average molecular weight is 276 g/mol. The zero-order valence-electron chi connectivity index (χ0n) is 10.1. The zero-order valence-corrected chi connectivity index (χ0v) is 11.0. The van der Waals surface area contributed by atoms with E-state index in [9.17, 15) is 13.2 Å². The highest BCUT2D eigenvalue weighted by Crippen LogP contribution is 1.92. The van der Waals surface area contributed by atoms with E-state index < -0.39 is 16.3 Å². The molecular weight excluding hydrogens is 260 g/mol. The minimum absolute atomic E-state index is 0.145. The summed E-state index contributed by atoms with van der Waals surface area (Å²) in [6, 6.07) is 0. The Hall–Kier alpha value is -1.61. The molecule has 18 heavy (non-hydrogen) atoms. The van der Waals surface area contributed by atoms with Crippen LogP contribution in [0, 0.1) is 0 Å². The van der Waals surface area contributed by atoms with Crippen LogP contribution in [0.25, 0.3) is 0 Å². The molecule has 0 saturated heterocycles. The molecule has 0 saturated carbocycles. The third kappa shape index (κ3) is 5.64. The van der Waals surface area contributed by atoms with E-state index in [-0.39, 0.29) is 12.6 Å². The molecule has 8 nitrogen and oxygen atoms in total. The first kappa shape index (κ1) is 14.5. The summed E-state index contributed by atoms with van der Waals surface area (Å²) < 4.78 is 31.4. The molecule has 1 aromatic rings. The molecule has 1 heterocycles. The first-order chi connectivity index (χ1) is 8.39. The van der Waals surface area contributed by atoms with Gasteiger partial charge < -0.3 is 9.72 Å². The lowest BCUT2D eigenvalue weighted by molar-refractivity contribution is 0.121. The van der Waals surface area contributed by atoms with Gasteiger partial charge in [0.15, 0.2) is 0 Å². The molecule has 1 amide bonds. The Bertz CT molecular complexity index is 469. The largest absolute Gasteiger partial charge is 0.446 e. The van der Waals surface area contributed by atoms with Gasteiger partial charge >= 0.3 is 16.3 Å². The van der Waals surface area contributed by atoms with E-state index in [4.69, 9.17) is 0 Å². The zero-order chi connectivity index (χ0) is 13.6. The second-order valence-electron chi connectivity index (χ2n) is 3.78. The van der Waals surface area contributed by atoms with E-state index in [0.717, 1.165) is 5.69 Å². The minimum atomic E-state index is -3.89. The maximum absolute atomic E-state index is 11.4. The Morgan fingerprint density at radius 3 is 2.83 bits per heavy atom. The molecule has 0 bridgehead atoms. The number of hydrogen-bond acceptors (Lipinski definition) is 5. The van der Waals surface area contributed by atoms with Crippen LogP contribution in [0.5, 0.6) is 0 Å². The van der Waals surface area contributed by atoms with Gasteiger partial charge in [-0.25, -0.2) is 14.5 Å². The summed E-state index contributed by atoms with van der Waals surface area (Å²) in [4.78, 5) is 17.7. The standard InChI is InChI=1S/C9H16N4O4S/c1-7(2)17-9(14)13-18(15,16)12-4-3-8-5-10-6-11-8/h5-7,12H,3-4H2,1-2H3,(H,10,11)(H,13,14). The van der Waals surface area contributed by atoms with Gasteiger partial charge in [-0.1, -0.05) is 0 Å². The highest BCUT2D eigenvalue weighted by atomic mass is 32.2. The number of hydrogen-bond donors (Lipinski definition) is 3. The Balaban J connectivity index is 2.33. The average Bonchev–Trinajstić information content (AvgIpc) is 2.67. The van der Waals surface area contributed by atoms with Gasteiger partial charge in [-0.15, -0.1) is 0 Å². The monoisotopic (exact) mass is 276 g/mol. The van der Waals surface area contributed by atoms with Crippen molar-refractivity contribution in [3.63, 3.8) is 0 Å². The first-order valence-corrected chi connectivity index (χ1v) is 6.82. The summed E-state index contributed by atoms with van der Waals surface area (Å²) in [6.07, 6.45) is 2.15. The number of nitrogens with one attached hydrogen (secondary N) is 3. The van der Waals surface area contributed by atoms with Gasteiger partial charge in [-0.05, 0) is 13.8 Å². The van der Waals surface area contributed by atoms with Crippen LogP contribution in [0.3, 0.4) is 0 Å². The van der Waals surface area contributed by atoms with Crippen LogP contribution in [-0.2, 0) is 21.4 Å². The molecule has 0 fully saturated rings.